The Hall–Kier alpha value is -0.610. The molecule has 60 valence electrons. The summed E-state index contributed by atoms with van der Waals surface area (Å²) in [5.41, 5.74) is 0. The zero-order valence-electron chi connectivity index (χ0n) is 5.17. The van der Waals surface area contributed by atoms with Crippen molar-refractivity contribution in [1.29, 1.82) is 0 Å². The Labute approximate surface area is 76.0 Å². The first-order valence-electron chi connectivity index (χ1n) is 2.63. The van der Waals surface area contributed by atoms with Crippen LogP contribution < -0.4 is 0 Å². The van der Waals surface area contributed by atoms with E-state index in [4.69, 9.17) is 26.9 Å². The molecular weight excluding hydrogens is 235 g/mol. The van der Waals surface area contributed by atoms with Gasteiger partial charge in [0.1, 0.15) is 10.8 Å². The van der Waals surface area contributed by atoms with E-state index in [0.717, 1.165) is 6.07 Å². The van der Waals surface area contributed by atoms with Crippen LogP contribution >= 0.6 is 27.5 Å². The fraction of sp³-hybridized carbons (Fsp3) is 0. The molecule has 0 saturated carbocycles. The Morgan fingerprint density at radius 3 is 2.27 bits per heavy atom. The standard InChI is InChI=1S/C6H4BrClO3/c7-4-2(9)1-3(10)6(11)5(4)8/h1,9-11H. The average molecular weight is 239 g/mol. The molecule has 11 heavy (non-hydrogen) atoms. The predicted octanol–water partition coefficient (Wildman–Crippen LogP) is 2.22. The molecule has 0 fully saturated rings. The summed E-state index contributed by atoms with van der Waals surface area (Å²) in [6, 6.07) is 0.991. The summed E-state index contributed by atoms with van der Waals surface area (Å²) in [4.78, 5) is 0. The van der Waals surface area contributed by atoms with Crippen molar-refractivity contribution in [3.05, 3.63) is 15.6 Å². The number of rotatable bonds is 0. The number of aromatic hydroxyl groups is 3. The zero-order valence-corrected chi connectivity index (χ0v) is 7.52. The van der Waals surface area contributed by atoms with Gasteiger partial charge in [-0.1, -0.05) is 11.6 Å². The molecule has 5 heteroatoms. The van der Waals surface area contributed by atoms with Crippen LogP contribution in [0.1, 0.15) is 0 Å². The van der Waals surface area contributed by atoms with Crippen molar-refractivity contribution in [2.45, 2.75) is 0 Å². The molecule has 0 aliphatic carbocycles. The van der Waals surface area contributed by atoms with E-state index in [1.165, 1.54) is 0 Å². The molecule has 0 bridgehead atoms. The lowest BCUT2D eigenvalue weighted by Gasteiger charge is -2.03. The molecule has 0 saturated heterocycles. The van der Waals surface area contributed by atoms with E-state index in [1.807, 2.05) is 0 Å². The largest absolute Gasteiger partial charge is 0.507 e. The number of benzene rings is 1. The van der Waals surface area contributed by atoms with Gasteiger partial charge in [0.05, 0.1) is 4.47 Å². The summed E-state index contributed by atoms with van der Waals surface area (Å²) >= 11 is 8.38. The van der Waals surface area contributed by atoms with Crippen molar-refractivity contribution in [3.8, 4) is 17.2 Å². The summed E-state index contributed by atoms with van der Waals surface area (Å²) < 4.78 is 0.162. The molecule has 0 atom stereocenters. The van der Waals surface area contributed by atoms with Gasteiger partial charge in [-0.05, 0) is 15.9 Å². The van der Waals surface area contributed by atoms with Gasteiger partial charge in [-0.2, -0.15) is 0 Å². The smallest absolute Gasteiger partial charge is 0.177 e. The Balaban J connectivity index is 3.46. The summed E-state index contributed by atoms with van der Waals surface area (Å²) in [6.07, 6.45) is 0. The average Bonchev–Trinajstić information content (AvgIpc) is 1.97. The molecule has 0 aliphatic heterocycles. The first-order valence-corrected chi connectivity index (χ1v) is 3.80. The normalized spacial score (nSPS) is 10.0. The van der Waals surface area contributed by atoms with Gasteiger partial charge >= 0.3 is 0 Å². The monoisotopic (exact) mass is 238 g/mol. The maximum Gasteiger partial charge on any atom is 0.177 e. The number of hydrogen-bond donors (Lipinski definition) is 3. The van der Waals surface area contributed by atoms with E-state index in [1.54, 1.807) is 0 Å². The number of phenolic OH excluding ortho intramolecular Hbond substituents is 3. The van der Waals surface area contributed by atoms with E-state index in [-0.39, 0.29) is 15.2 Å². The molecule has 0 spiro atoms. The highest BCUT2D eigenvalue weighted by molar-refractivity contribution is 9.10. The second-order valence-electron chi connectivity index (χ2n) is 1.89. The van der Waals surface area contributed by atoms with Gasteiger partial charge in [0.25, 0.3) is 0 Å². The third kappa shape index (κ3) is 1.36. The second kappa shape index (κ2) is 2.79. The molecule has 0 aromatic heterocycles. The molecule has 0 aliphatic rings. The van der Waals surface area contributed by atoms with Crippen LogP contribution in [0.3, 0.4) is 0 Å². The topological polar surface area (TPSA) is 60.7 Å². The molecule has 0 heterocycles. The van der Waals surface area contributed by atoms with Crippen LogP contribution in [0.25, 0.3) is 0 Å². The van der Waals surface area contributed by atoms with Crippen LogP contribution in [0.5, 0.6) is 17.2 Å². The highest BCUT2D eigenvalue weighted by Crippen LogP contribution is 2.43. The lowest BCUT2D eigenvalue weighted by atomic mass is 10.3. The number of hydrogen-bond acceptors (Lipinski definition) is 3. The van der Waals surface area contributed by atoms with Crippen molar-refractivity contribution in [1.82, 2.24) is 0 Å². The van der Waals surface area contributed by atoms with Crippen molar-refractivity contribution in [2.24, 2.45) is 0 Å². The Kier molecular flexibility index (Phi) is 2.15. The molecule has 1 aromatic rings. The first kappa shape index (κ1) is 8.49. The zero-order chi connectivity index (χ0) is 8.59. The fourth-order valence-electron chi connectivity index (χ4n) is 0.590. The van der Waals surface area contributed by atoms with Crippen molar-refractivity contribution < 1.29 is 15.3 Å². The molecule has 3 nitrogen and oxygen atoms in total. The van der Waals surface area contributed by atoms with E-state index in [0.29, 0.717) is 0 Å². The van der Waals surface area contributed by atoms with Crippen LogP contribution in [-0.4, -0.2) is 15.3 Å². The van der Waals surface area contributed by atoms with Gasteiger partial charge in [0.2, 0.25) is 0 Å². The number of halogens is 2. The van der Waals surface area contributed by atoms with Crippen LogP contribution in [0, 0.1) is 0 Å². The van der Waals surface area contributed by atoms with Gasteiger partial charge in [-0.3, -0.25) is 0 Å². The predicted molar refractivity (Wildman–Crippen MR) is 44.1 cm³/mol. The van der Waals surface area contributed by atoms with E-state index >= 15 is 0 Å². The van der Waals surface area contributed by atoms with Crippen LogP contribution in [0.4, 0.5) is 0 Å². The third-order valence-electron chi connectivity index (χ3n) is 1.14. The first-order chi connectivity index (χ1) is 5.04. The minimum Gasteiger partial charge on any atom is -0.507 e. The minimum atomic E-state index is -0.448. The maximum atomic E-state index is 9.00. The lowest BCUT2D eigenvalue weighted by molar-refractivity contribution is 0.395. The van der Waals surface area contributed by atoms with Crippen molar-refractivity contribution >= 4 is 27.5 Å². The van der Waals surface area contributed by atoms with Gasteiger partial charge in [-0.15, -0.1) is 0 Å². The molecule has 1 rings (SSSR count). The minimum absolute atomic E-state index is 0.109. The molecule has 0 radical (unpaired) electrons. The summed E-state index contributed by atoms with van der Waals surface area (Å²) in [6.45, 7) is 0. The van der Waals surface area contributed by atoms with E-state index < -0.39 is 11.5 Å². The quantitative estimate of drug-likeness (QED) is 0.480. The van der Waals surface area contributed by atoms with E-state index in [9.17, 15) is 0 Å². The molecule has 0 unspecified atom stereocenters. The van der Waals surface area contributed by atoms with Crippen molar-refractivity contribution in [3.63, 3.8) is 0 Å². The fourth-order valence-corrected chi connectivity index (χ4v) is 1.09. The summed E-state index contributed by atoms with van der Waals surface area (Å²) in [7, 11) is 0. The highest BCUT2D eigenvalue weighted by atomic mass is 79.9. The van der Waals surface area contributed by atoms with Crippen LogP contribution in [0.15, 0.2) is 10.5 Å². The Morgan fingerprint density at radius 2 is 1.73 bits per heavy atom. The van der Waals surface area contributed by atoms with Gasteiger partial charge in [-0.25, -0.2) is 0 Å². The molecule has 0 amide bonds. The highest BCUT2D eigenvalue weighted by Gasteiger charge is 2.12. The summed E-state index contributed by atoms with van der Waals surface area (Å²) in [5, 5.41) is 26.8. The second-order valence-corrected chi connectivity index (χ2v) is 3.06. The third-order valence-corrected chi connectivity index (χ3v) is 2.54. The van der Waals surface area contributed by atoms with Gasteiger partial charge < -0.3 is 15.3 Å². The van der Waals surface area contributed by atoms with Gasteiger partial charge in [0.15, 0.2) is 11.5 Å². The maximum absolute atomic E-state index is 9.00. The lowest BCUT2D eigenvalue weighted by Crippen LogP contribution is -1.75. The molecule has 3 N–H and O–H groups in total. The summed E-state index contributed by atoms with van der Waals surface area (Å²) in [5.74, 6) is -1.11. The Bertz CT molecular complexity index is 274. The van der Waals surface area contributed by atoms with E-state index in [2.05, 4.69) is 15.9 Å². The van der Waals surface area contributed by atoms with Crippen molar-refractivity contribution in [2.75, 3.05) is 0 Å². The molecular formula is C6H4BrClO3. The van der Waals surface area contributed by atoms with Crippen LogP contribution in [-0.2, 0) is 0 Å². The Morgan fingerprint density at radius 1 is 1.18 bits per heavy atom. The molecule has 1 aromatic carbocycles. The van der Waals surface area contributed by atoms with Gasteiger partial charge in [0, 0.05) is 6.07 Å². The number of phenols is 3. The van der Waals surface area contributed by atoms with Crippen LogP contribution in [0.2, 0.25) is 5.02 Å². The SMILES string of the molecule is Oc1cc(O)c(Br)c(Cl)c1O.